The molecule has 4 heteroatoms. The zero-order valence-corrected chi connectivity index (χ0v) is 12.8. The van der Waals surface area contributed by atoms with Crippen LogP contribution in [0.2, 0.25) is 0 Å². The monoisotopic (exact) mass is 288 g/mol. The number of H-pyrrole nitrogens is 1. The highest BCUT2D eigenvalue weighted by atomic mass is 16.3. The fraction of sp³-hybridized carbons (Fsp3) is 0.471. The van der Waals surface area contributed by atoms with Crippen molar-refractivity contribution in [2.24, 2.45) is 0 Å². The molecule has 2 aromatic rings. The van der Waals surface area contributed by atoms with Crippen LogP contribution in [0.5, 0.6) is 0 Å². The van der Waals surface area contributed by atoms with E-state index in [4.69, 9.17) is 0 Å². The van der Waals surface area contributed by atoms with Crippen molar-refractivity contribution in [1.82, 2.24) is 10.3 Å². The van der Waals surface area contributed by atoms with E-state index in [0.29, 0.717) is 24.9 Å². The van der Waals surface area contributed by atoms with E-state index in [1.807, 2.05) is 44.3 Å². The molecule has 2 rings (SSSR count). The van der Waals surface area contributed by atoms with Gasteiger partial charge in [-0.1, -0.05) is 32.8 Å². The van der Waals surface area contributed by atoms with Crippen LogP contribution < -0.4 is 5.32 Å². The van der Waals surface area contributed by atoms with Crippen LogP contribution in [0.3, 0.4) is 0 Å². The standard InChI is InChI=1S/C17H24N2O2/c1-3-9-17(21,10-4-2)12-19-16(20)14-6-5-7-15-13(14)8-11-18-15/h5-8,11,18,21H,3-4,9-10,12H2,1-2H3,(H,19,20). The number of aromatic amines is 1. The van der Waals surface area contributed by atoms with Gasteiger partial charge < -0.3 is 15.4 Å². The molecule has 0 saturated heterocycles. The number of hydrogen-bond acceptors (Lipinski definition) is 2. The van der Waals surface area contributed by atoms with Gasteiger partial charge in [-0.25, -0.2) is 0 Å². The van der Waals surface area contributed by atoms with Crippen molar-refractivity contribution < 1.29 is 9.90 Å². The third kappa shape index (κ3) is 3.64. The lowest BCUT2D eigenvalue weighted by atomic mass is 9.92. The van der Waals surface area contributed by atoms with E-state index >= 15 is 0 Å². The van der Waals surface area contributed by atoms with Crippen molar-refractivity contribution in [3.63, 3.8) is 0 Å². The zero-order valence-electron chi connectivity index (χ0n) is 12.8. The molecule has 0 aliphatic rings. The fourth-order valence-electron chi connectivity index (χ4n) is 2.86. The van der Waals surface area contributed by atoms with Crippen LogP contribution in [0.25, 0.3) is 10.9 Å². The largest absolute Gasteiger partial charge is 0.388 e. The van der Waals surface area contributed by atoms with E-state index in [-0.39, 0.29) is 5.91 Å². The maximum atomic E-state index is 12.4. The number of nitrogens with one attached hydrogen (secondary N) is 2. The SMILES string of the molecule is CCCC(O)(CCC)CNC(=O)c1cccc2[nH]ccc12. The van der Waals surface area contributed by atoms with Crippen LogP contribution in [0.15, 0.2) is 30.5 Å². The summed E-state index contributed by atoms with van der Waals surface area (Å²) >= 11 is 0. The Bertz CT molecular complexity index is 598. The number of aliphatic hydroxyl groups is 1. The molecule has 0 spiro atoms. The summed E-state index contributed by atoms with van der Waals surface area (Å²) in [5.74, 6) is -0.133. The van der Waals surface area contributed by atoms with Gasteiger partial charge in [-0.05, 0) is 31.0 Å². The Morgan fingerprint density at radius 2 is 1.95 bits per heavy atom. The summed E-state index contributed by atoms with van der Waals surface area (Å²) in [5, 5.41) is 14.4. The van der Waals surface area contributed by atoms with Gasteiger partial charge in [0.15, 0.2) is 0 Å². The molecular weight excluding hydrogens is 264 g/mol. The number of aromatic nitrogens is 1. The Labute approximate surface area is 125 Å². The topological polar surface area (TPSA) is 65.1 Å². The van der Waals surface area contributed by atoms with E-state index in [2.05, 4.69) is 10.3 Å². The zero-order chi connectivity index (χ0) is 15.3. The van der Waals surface area contributed by atoms with Crippen molar-refractivity contribution in [2.45, 2.75) is 45.1 Å². The van der Waals surface area contributed by atoms with Crippen LogP contribution in [-0.4, -0.2) is 28.1 Å². The summed E-state index contributed by atoms with van der Waals surface area (Å²) in [6.07, 6.45) is 5.04. The van der Waals surface area contributed by atoms with Gasteiger partial charge in [-0.2, -0.15) is 0 Å². The van der Waals surface area contributed by atoms with E-state index in [1.54, 1.807) is 0 Å². The Morgan fingerprint density at radius 3 is 2.62 bits per heavy atom. The average Bonchev–Trinajstić information content (AvgIpc) is 2.93. The molecule has 1 heterocycles. The summed E-state index contributed by atoms with van der Waals surface area (Å²) in [5.41, 5.74) is 0.787. The van der Waals surface area contributed by atoms with Crippen LogP contribution in [0, 0.1) is 0 Å². The first-order valence-electron chi connectivity index (χ1n) is 7.66. The van der Waals surface area contributed by atoms with Crippen molar-refractivity contribution in [2.75, 3.05) is 6.54 Å². The first kappa shape index (κ1) is 15.6. The van der Waals surface area contributed by atoms with Gasteiger partial charge >= 0.3 is 0 Å². The highest BCUT2D eigenvalue weighted by molar-refractivity contribution is 6.06. The predicted octanol–water partition coefficient (Wildman–Crippen LogP) is 3.23. The predicted molar refractivity (Wildman–Crippen MR) is 85.4 cm³/mol. The lowest BCUT2D eigenvalue weighted by molar-refractivity contribution is 0.0213. The number of hydrogen-bond donors (Lipinski definition) is 3. The molecule has 0 bridgehead atoms. The Balaban J connectivity index is 2.09. The van der Waals surface area contributed by atoms with Gasteiger partial charge in [0.2, 0.25) is 0 Å². The summed E-state index contributed by atoms with van der Waals surface area (Å²) in [7, 11) is 0. The lowest BCUT2D eigenvalue weighted by Crippen LogP contribution is -2.42. The second-order valence-corrected chi connectivity index (χ2v) is 5.65. The first-order valence-corrected chi connectivity index (χ1v) is 7.66. The highest BCUT2D eigenvalue weighted by Gasteiger charge is 2.25. The Hall–Kier alpha value is -1.81. The molecule has 1 aromatic heterocycles. The smallest absolute Gasteiger partial charge is 0.252 e. The van der Waals surface area contributed by atoms with Crippen molar-refractivity contribution in [3.8, 4) is 0 Å². The molecule has 1 aromatic carbocycles. The summed E-state index contributed by atoms with van der Waals surface area (Å²) < 4.78 is 0. The minimum atomic E-state index is -0.800. The van der Waals surface area contributed by atoms with Gasteiger partial charge in [-0.15, -0.1) is 0 Å². The molecule has 4 nitrogen and oxygen atoms in total. The molecule has 0 unspecified atom stereocenters. The minimum absolute atomic E-state index is 0.133. The summed E-state index contributed by atoms with van der Waals surface area (Å²) in [6.45, 7) is 4.39. The molecule has 0 atom stereocenters. The third-order valence-electron chi connectivity index (χ3n) is 3.85. The van der Waals surface area contributed by atoms with Gasteiger partial charge in [-0.3, -0.25) is 4.79 Å². The molecule has 114 valence electrons. The van der Waals surface area contributed by atoms with E-state index in [0.717, 1.165) is 23.7 Å². The number of benzene rings is 1. The molecule has 0 aliphatic heterocycles. The quantitative estimate of drug-likeness (QED) is 0.732. The van der Waals surface area contributed by atoms with Gasteiger partial charge in [0.25, 0.3) is 5.91 Å². The number of amides is 1. The van der Waals surface area contributed by atoms with Crippen molar-refractivity contribution in [3.05, 3.63) is 36.0 Å². The molecule has 0 fully saturated rings. The van der Waals surface area contributed by atoms with Crippen molar-refractivity contribution >= 4 is 16.8 Å². The highest BCUT2D eigenvalue weighted by Crippen LogP contribution is 2.20. The second-order valence-electron chi connectivity index (χ2n) is 5.65. The van der Waals surface area contributed by atoms with Crippen LogP contribution >= 0.6 is 0 Å². The van der Waals surface area contributed by atoms with Crippen molar-refractivity contribution in [1.29, 1.82) is 0 Å². The number of carbonyl (C=O) groups excluding carboxylic acids is 1. The Morgan fingerprint density at radius 1 is 1.24 bits per heavy atom. The van der Waals surface area contributed by atoms with Gasteiger partial charge in [0.05, 0.1) is 5.60 Å². The molecule has 0 aliphatic carbocycles. The normalized spacial score (nSPS) is 11.8. The second kappa shape index (κ2) is 6.76. The number of fused-ring (bicyclic) bond motifs is 1. The number of rotatable bonds is 7. The van der Waals surface area contributed by atoms with E-state index < -0.39 is 5.60 Å². The van der Waals surface area contributed by atoms with Gasteiger partial charge in [0.1, 0.15) is 0 Å². The maximum Gasteiger partial charge on any atom is 0.252 e. The van der Waals surface area contributed by atoms with Crippen LogP contribution in [0.1, 0.15) is 49.9 Å². The third-order valence-corrected chi connectivity index (χ3v) is 3.85. The van der Waals surface area contributed by atoms with Crippen LogP contribution in [0.4, 0.5) is 0 Å². The maximum absolute atomic E-state index is 12.4. The first-order chi connectivity index (χ1) is 10.1. The molecule has 3 N–H and O–H groups in total. The Kier molecular flexibility index (Phi) is 5.02. The molecule has 0 radical (unpaired) electrons. The molecule has 21 heavy (non-hydrogen) atoms. The molecular formula is C17H24N2O2. The fourth-order valence-corrected chi connectivity index (χ4v) is 2.86. The van der Waals surface area contributed by atoms with Crippen LogP contribution in [-0.2, 0) is 0 Å². The summed E-state index contributed by atoms with van der Waals surface area (Å²) in [6, 6.07) is 7.51. The molecule has 0 saturated carbocycles. The average molecular weight is 288 g/mol. The van der Waals surface area contributed by atoms with E-state index in [9.17, 15) is 9.90 Å². The van der Waals surface area contributed by atoms with Gasteiger partial charge in [0, 0.05) is 29.2 Å². The lowest BCUT2D eigenvalue weighted by Gasteiger charge is -2.27. The van der Waals surface area contributed by atoms with E-state index in [1.165, 1.54) is 0 Å². The minimum Gasteiger partial charge on any atom is -0.388 e. The molecule has 1 amide bonds. The number of carbonyl (C=O) groups is 1. The summed E-state index contributed by atoms with van der Waals surface area (Å²) in [4.78, 5) is 15.5.